The number of benzene rings is 1. The molecule has 6 heteroatoms. The van der Waals surface area contributed by atoms with Gasteiger partial charge in [-0.2, -0.15) is 0 Å². The van der Waals surface area contributed by atoms with Crippen LogP contribution >= 0.6 is 11.6 Å². The van der Waals surface area contributed by atoms with E-state index in [9.17, 15) is 13.6 Å². The maximum Gasteiger partial charge on any atom is 0.254 e. The highest BCUT2D eigenvalue weighted by Crippen LogP contribution is 2.17. The van der Waals surface area contributed by atoms with Crippen molar-refractivity contribution in [2.24, 2.45) is 0 Å². The van der Waals surface area contributed by atoms with Crippen LogP contribution in [-0.4, -0.2) is 42.5 Å². The third-order valence-corrected chi connectivity index (χ3v) is 3.42. The highest BCUT2D eigenvalue weighted by atomic mass is 35.5. The Bertz CT molecular complexity index is 456. The molecule has 0 spiro atoms. The van der Waals surface area contributed by atoms with E-state index in [4.69, 9.17) is 16.3 Å². The maximum absolute atomic E-state index is 13.1. The predicted molar refractivity (Wildman–Crippen MR) is 72.0 cm³/mol. The zero-order chi connectivity index (χ0) is 14.5. The maximum atomic E-state index is 13.1. The van der Waals surface area contributed by atoms with Crippen LogP contribution in [0.3, 0.4) is 0 Å². The Morgan fingerprint density at radius 3 is 2.40 bits per heavy atom. The summed E-state index contributed by atoms with van der Waals surface area (Å²) in [5.41, 5.74) is 0.0441. The van der Waals surface area contributed by atoms with Crippen molar-refractivity contribution in [2.75, 3.05) is 25.6 Å². The molecule has 0 saturated carbocycles. The Balaban J connectivity index is 1.94. The van der Waals surface area contributed by atoms with Gasteiger partial charge in [-0.05, 0) is 25.0 Å². The van der Waals surface area contributed by atoms with E-state index in [1.807, 2.05) is 0 Å². The molecule has 1 heterocycles. The summed E-state index contributed by atoms with van der Waals surface area (Å²) in [6.07, 6.45) is 1.52. The number of alkyl halides is 1. The van der Waals surface area contributed by atoms with E-state index in [1.54, 1.807) is 4.90 Å². The lowest BCUT2D eigenvalue weighted by Gasteiger charge is -2.32. The van der Waals surface area contributed by atoms with Crippen molar-refractivity contribution < 1.29 is 18.3 Å². The van der Waals surface area contributed by atoms with Crippen molar-refractivity contribution in [1.29, 1.82) is 0 Å². The fraction of sp³-hybridized carbons (Fsp3) is 0.500. The van der Waals surface area contributed by atoms with E-state index in [-0.39, 0.29) is 17.6 Å². The van der Waals surface area contributed by atoms with Gasteiger partial charge in [-0.1, -0.05) is 0 Å². The number of carbonyl (C=O) groups is 1. The standard InChI is InChI=1S/C14H16ClF2NO2/c15-3-6-20-13-1-4-18(5-2-13)14(19)10-7-11(16)9-12(17)8-10/h7-9,13H,1-6H2. The molecule has 0 radical (unpaired) electrons. The molecule has 0 bridgehead atoms. The van der Waals surface area contributed by atoms with Gasteiger partial charge in [0, 0.05) is 30.6 Å². The third-order valence-electron chi connectivity index (χ3n) is 3.27. The first-order valence-electron chi connectivity index (χ1n) is 6.53. The van der Waals surface area contributed by atoms with Crippen LogP contribution in [-0.2, 0) is 4.74 Å². The van der Waals surface area contributed by atoms with E-state index in [0.29, 0.717) is 38.4 Å². The van der Waals surface area contributed by atoms with Gasteiger partial charge in [0.25, 0.3) is 5.91 Å². The molecule has 0 atom stereocenters. The molecule has 3 nitrogen and oxygen atoms in total. The fourth-order valence-corrected chi connectivity index (χ4v) is 2.39. The van der Waals surface area contributed by atoms with Gasteiger partial charge >= 0.3 is 0 Å². The molecule has 0 aromatic heterocycles. The molecule has 1 aromatic rings. The lowest BCUT2D eigenvalue weighted by Crippen LogP contribution is -2.41. The van der Waals surface area contributed by atoms with E-state index < -0.39 is 11.6 Å². The van der Waals surface area contributed by atoms with Crippen molar-refractivity contribution in [2.45, 2.75) is 18.9 Å². The molecule has 20 heavy (non-hydrogen) atoms. The second kappa shape index (κ2) is 6.99. The number of ether oxygens (including phenoxy) is 1. The summed E-state index contributed by atoms with van der Waals surface area (Å²) in [6.45, 7) is 1.53. The van der Waals surface area contributed by atoms with Crippen LogP contribution in [0.1, 0.15) is 23.2 Å². The summed E-state index contributed by atoms with van der Waals surface area (Å²) >= 11 is 5.55. The van der Waals surface area contributed by atoms with Crippen molar-refractivity contribution >= 4 is 17.5 Å². The second-order valence-electron chi connectivity index (χ2n) is 4.71. The van der Waals surface area contributed by atoms with Crippen LogP contribution in [0.25, 0.3) is 0 Å². The lowest BCUT2D eigenvalue weighted by molar-refractivity contribution is 0.0154. The van der Waals surface area contributed by atoms with E-state index in [1.165, 1.54) is 0 Å². The molecule has 1 aliphatic heterocycles. The molecule has 1 amide bonds. The molecular formula is C14H16ClF2NO2. The van der Waals surface area contributed by atoms with Crippen molar-refractivity contribution in [3.05, 3.63) is 35.4 Å². The Kier molecular flexibility index (Phi) is 5.31. The molecular weight excluding hydrogens is 288 g/mol. The van der Waals surface area contributed by atoms with Crippen LogP contribution < -0.4 is 0 Å². The first-order chi connectivity index (χ1) is 9.60. The van der Waals surface area contributed by atoms with Crippen LogP contribution in [0, 0.1) is 11.6 Å². The number of nitrogens with zero attached hydrogens (tertiary/aromatic N) is 1. The van der Waals surface area contributed by atoms with Gasteiger partial charge in [-0.3, -0.25) is 4.79 Å². The molecule has 2 rings (SSSR count). The summed E-state index contributed by atoms with van der Waals surface area (Å²) in [6, 6.07) is 2.87. The normalized spacial score (nSPS) is 16.4. The summed E-state index contributed by atoms with van der Waals surface area (Å²) in [5, 5.41) is 0. The molecule has 0 unspecified atom stereocenters. The number of hydrogen-bond donors (Lipinski definition) is 0. The highest BCUT2D eigenvalue weighted by molar-refractivity contribution is 6.17. The Morgan fingerprint density at radius 2 is 1.85 bits per heavy atom. The van der Waals surface area contributed by atoms with Crippen molar-refractivity contribution in [3.63, 3.8) is 0 Å². The molecule has 1 fully saturated rings. The summed E-state index contributed by atoms with van der Waals surface area (Å²) < 4.78 is 31.7. The van der Waals surface area contributed by atoms with E-state index >= 15 is 0 Å². The predicted octanol–water partition coefficient (Wildman–Crippen LogP) is 2.82. The first kappa shape index (κ1) is 15.2. The topological polar surface area (TPSA) is 29.5 Å². The summed E-state index contributed by atoms with van der Waals surface area (Å²) in [4.78, 5) is 13.7. The smallest absolute Gasteiger partial charge is 0.254 e. The zero-order valence-electron chi connectivity index (χ0n) is 10.9. The number of piperidine rings is 1. The molecule has 0 aliphatic carbocycles. The number of carbonyl (C=O) groups excluding carboxylic acids is 1. The van der Waals surface area contributed by atoms with Gasteiger partial charge < -0.3 is 9.64 Å². The quantitative estimate of drug-likeness (QED) is 0.801. The van der Waals surface area contributed by atoms with Crippen LogP contribution in [0.15, 0.2) is 18.2 Å². The number of halogens is 3. The minimum Gasteiger partial charge on any atom is -0.377 e. The van der Waals surface area contributed by atoms with Crippen LogP contribution in [0.2, 0.25) is 0 Å². The molecule has 1 aromatic carbocycles. The molecule has 110 valence electrons. The van der Waals surface area contributed by atoms with Crippen molar-refractivity contribution in [3.8, 4) is 0 Å². The number of likely N-dealkylation sites (tertiary alicyclic amines) is 1. The minimum absolute atomic E-state index is 0.0441. The average Bonchev–Trinajstić information content (AvgIpc) is 2.44. The fourth-order valence-electron chi connectivity index (χ4n) is 2.30. The van der Waals surface area contributed by atoms with Gasteiger partial charge in [0.2, 0.25) is 0 Å². The largest absolute Gasteiger partial charge is 0.377 e. The van der Waals surface area contributed by atoms with Gasteiger partial charge in [0.15, 0.2) is 0 Å². The zero-order valence-corrected chi connectivity index (χ0v) is 11.7. The summed E-state index contributed by atoms with van der Waals surface area (Å²) in [7, 11) is 0. The van der Waals surface area contributed by atoms with Gasteiger partial charge in [0.1, 0.15) is 11.6 Å². The number of amides is 1. The Hall–Kier alpha value is -1.20. The minimum atomic E-state index is -0.742. The van der Waals surface area contributed by atoms with Crippen LogP contribution in [0.4, 0.5) is 8.78 Å². The first-order valence-corrected chi connectivity index (χ1v) is 7.06. The Labute approximate surface area is 121 Å². The summed E-state index contributed by atoms with van der Waals surface area (Å²) in [5.74, 6) is -1.39. The van der Waals surface area contributed by atoms with Crippen LogP contribution in [0.5, 0.6) is 0 Å². The lowest BCUT2D eigenvalue weighted by atomic mass is 10.1. The highest BCUT2D eigenvalue weighted by Gasteiger charge is 2.24. The third kappa shape index (κ3) is 3.90. The monoisotopic (exact) mass is 303 g/mol. The van der Waals surface area contributed by atoms with Gasteiger partial charge in [-0.25, -0.2) is 8.78 Å². The number of hydrogen-bond acceptors (Lipinski definition) is 2. The van der Waals surface area contributed by atoms with E-state index in [2.05, 4.69) is 0 Å². The Morgan fingerprint density at radius 1 is 1.25 bits per heavy atom. The SMILES string of the molecule is O=C(c1cc(F)cc(F)c1)N1CCC(OCCCl)CC1. The average molecular weight is 304 g/mol. The van der Waals surface area contributed by atoms with Crippen molar-refractivity contribution in [1.82, 2.24) is 4.90 Å². The molecule has 0 N–H and O–H groups in total. The molecule has 1 saturated heterocycles. The molecule has 1 aliphatic rings. The number of rotatable bonds is 4. The van der Waals surface area contributed by atoms with Gasteiger partial charge in [-0.15, -0.1) is 11.6 Å². The van der Waals surface area contributed by atoms with E-state index in [0.717, 1.165) is 18.2 Å². The second-order valence-corrected chi connectivity index (χ2v) is 5.09. The van der Waals surface area contributed by atoms with Gasteiger partial charge in [0.05, 0.1) is 12.7 Å².